The average molecular weight is 842 g/mol. The van der Waals surface area contributed by atoms with Crippen LogP contribution in [0.3, 0.4) is 0 Å². The van der Waals surface area contributed by atoms with Gasteiger partial charge in [-0.1, -0.05) is 205 Å². The summed E-state index contributed by atoms with van der Waals surface area (Å²) in [6.07, 6.45) is 18.7. The third-order valence-electron chi connectivity index (χ3n) is 11.8. The first kappa shape index (κ1) is 45.2. The maximum Gasteiger partial charge on any atom is 0.127 e. The van der Waals surface area contributed by atoms with E-state index in [1.165, 1.54) is 41.5 Å². The Morgan fingerprint density at radius 1 is 0.469 bits per heavy atom. The minimum absolute atomic E-state index is 0.614. The van der Waals surface area contributed by atoms with Gasteiger partial charge < -0.3 is 14.4 Å². The predicted molar refractivity (Wildman–Crippen MR) is 277 cm³/mol. The first-order chi connectivity index (χ1) is 31.3. The quantitative estimate of drug-likeness (QED) is 0.0714. The average Bonchev–Trinajstić information content (AvgIpc) is 3.34. The summed E-state index contributed by atoms with van der Waals surface area (Å²) in [7, 11) is 1.74. The summed E-state index contributed by atoms with van der Waals surface area (Å²) < 4.78 is 12.6. The molecule has 0 spiro atoms. The Bertz CT molecular complexity index is 2570. The van der Waals surface area contributed by atoms with Gasteiger partial charge in [0.15, 0.2) is 0 Å². The fraction of sp³-hybridized carbons (Fsp3) is 0.213. The standard InChI is InChI=1S/C61H63NO2/c1-6-48-22-30-53(31-23-48)54-34-40-59(41-35-54)62(57-36-26-51(27-37-57)21-20-49-16-9-7-10-17-49)58-38-28-52(29-39-58)25-32-55-45-61(64-43-42-47(4)15-13-14-46(2)3)56(44-60(55)63-5)33-24-50-18-11-8-12-19-50/h7-12,16-41,44-47H,6,13-15,42-43H2,1-5H3. The molecule has 64 heavy (non-hydrogen) atoms. The maximum atomic E-state index is 6.57. The molecule has 1 unspecified atom stereocenters. The van der Waals surface area contributed by atoms with E-state index in [0.717, 1.165) is 75.1 Å². The van der Waals surface area contributed by atoms with Crippen LogP contribution in [0, 0.1) is 11.8 Å². The molecule has 0 aliphatic carbocycles. The number of rotatable bonds is 20. The van der Waals surface area contributed by atoms with Crippen molar-refractivity contribution in [3.63, 3.8) is 0 Å². The van der Waals surface area contributed by atoms with Gasteiger partial charge in [0, 0.05) is 28.2 Å². The molecule has 1 atom stereocenters. The Kier molecular flexibility index (Phi) is 16.3. The van der Waals surface area contributed by atoms with E-state index in [2.05, 4.69) is 227 Å². The molecule has 0 amide bonds. The molecule has 0 saturated carbocycles. The van der Waals surface area contributed by atoms with E-state index in [4.69, 9.17) is 9.47 Å². The van der Waals surface area contributed by atoms with Gasteiger partial charge in [-0.15, -0.1) is 0 Å². The van der Waals surface area contributed by atoms with Crippen molar-refractivity contribution in [1.82, 2.24) is 0 Å². The fourth-order valence-electron chi connectivity index (χ4n) is 7.89. The molecule has 7 aromatic rings. The van der Waals surface area contributed by atoms with E-state index in [1.54, 1.807) is 7.11 Å². The summed E-state index contributed by atoms with van der Waals surface area (Å²) in [5.74, 6) is 3.02. The van der Waals surface area contributed by atoms with Crippen LogP contribution < -0.4 is 14.4 Å². The summed E-state index contributed by atoms with van der Waals surface area (Å²) >= 11 is 0. The summed E-state index contributed by atoms with van der Waals surface area (Å²) in [5.41, 5.74) is 13.5. The highest BCUT2D eigenvalue weighted by Crippen LogP contribution is 2.37. The van der Waals surface area contributed by atoms with Crippen LogP contribution in [0.2, 0.25) is 0 Å². The minimum atomic E-state index is 0.614. The van der Waals surface area contributed by atoms with Crippen molar-refractivity contribution in [3.05, 3.63) is 209 Å². The van der Waals surface area contributed by atoms with Crippen molar-refractivity contribution in [2.24, 2.45) is 11.8 Å². The summed E-state index contributed by atoms with van der Waals surface area (Å²) in [5, 5.41) is 0. The van der Waals surface area contributed by atoms with E-state index >= 15 is 0 Å². The SMILES string of the molecule is CCc1ccc(-c2ccc(N(c3ccc(C=Cc4ccccc4)cc3)c3ccc(C=Cc4cc(OCCC(C)CCCC(C)C)c(C=Cc5ccccc5)cc4OC)cc3)cc2)cc1. The number of benzene rings is 7. The van der Waals surface area contributed by atoms with Crippen LogP contribution in [0.1, 0.15) is 92.3 Å². The van der Waals surface area contributed by atoms with Crippen molar-refractivity contribution in [2.75, 3.05) is 18.6 Å². The highest BCUT2D eigenvalue weighted by molar-refractivity contribution is 5.82. The highest BCUT2D eigenvalue weighted by atomic mass is 16.5. The molecule has 0 aliphatic rings. The van der Waals surface area contributed by atoms with Crippen LogP contribution in [-0.2, 0) is 6.42 Å². The fourth-order valence-corrected chi connectivity index (χ4v) is 7.89. The lowest BCUT2D eigenvalue weighted by Gasteiger charge is -2.26. The lowest BCUT2D eigenvalue weighted by Crippen LogP contribution is -2.09. The van der Waals surface area contributed by atoms with Crippen LogP contribution in [0.15, 0.2) is 170 Å². The minimum Gasteiger partial charge on any atom is -0.496 e. The number of anilines is 3. The second-order valence-electron chi connectivity index (χ2n) is 17.1. The van der Waals surface area contributed by atoms with Gasteiger partial charge >= 0.3 is 0 Å². The Morgan fingerprint density at radius 2 is 0.906 bits per heavy atom. The molecule has 7 aromatic carbocycles. The number of nitrogens with zero attached hydrogens (tertiary/aromatic N) is 1. The summed E-state index contributed by atoms with van der Waals surface area (Å²) in [4.78, 5) is 2.32. The van der Waals surface area contributed by atoms with Gasteiger partial charge in [0.25, 0.3) is 0 Å². The van der Waals surface area contributed by atoms with Gasteiger partial charge in [0.05, 0.1) is 13.7 Å². The normalized spacial score (nSPS) is 12.1. The van der Waals surface area contributed by atoms with Crippen molar-refractivity contribution in [2.45, 2.75) is 59.8 Å². The van der Waals surface area contributed by atoms with Crippen LogP contribution in [0.25, 0.3) is 47.6 Å². The first-order valence-corrected chi connectivity index (χ1v) is 23.0. The molecule has 324 valence electrons. The van der Waals surface area contributed by atoms with Gasteiger partial charge in [-0.25, -0.2) is 0 Å². The monoisotopic (exact) mass is 841 g/mol. The van der Waals surface area contributed by atoms with Crippen LogP contribution in [0.4, 0.5) is 17.1 Å². The molecular weight excluding hydrogens is 779 g/mol. The number of hydrogen-bond donors (Lipinski definition) is 0. The predicted octanol–water partition coefficient (Wildman–Crippen LogP) is 17.1. The van der Waals surface area contributed by atoms with E-state index in [9.17, 15) is 0 Å². The summed E-state index contributed by atoms with van der Waals surface area (Å²) in [6, 6.07) is 60.3. The number of methoxy groups -OCH3 is 1. The Morgan fingerprint density at radius 3 is 1.39 bits per heavy atom. The van der Waals surface area contributed by atoms with Crippen LogP contribution in [0.5, 0.6) is 11.5 Å². The van der Waals surface area contributed by atoms with E-state index in [-0.39, 0.29) is 0 Å². The smallest absolute Gasteiger partial charge is 0.127 e. The van der Waals surface area contributed by atoms with Crippen molar-refractivity contribution in [3.8, 4) is 22.6 Å². The largest absolute Gasteiger partial charge is 0.496 e. The van der Waals surface area contributed by atoms with Gasteiger partial charge in [0.2, 0.25) is 0 Å². The van der Waals surface area contributed by atoms with Gasteiger partial charge in [0.1, 0.15) is 11.5 Å². The molecule has 3 heteroatoms. The van der Waals surface area contributed by atoms with Crippen molar-refractivity contribution in [1.29, 1.82) is 0 Å². The molecule has 0 fully saturated rings. The second kappa shape index (κ2) is 23.0. The molecule has 0 bridgehead atoms. The van der Waals surface area contributed by atoms with Crippen LogP contribution in [-0.4, -0.2) is 13.7 Å². The lowest BCUT2D eigenvalue weighted by molar-refractivity contribution is 0.275. The molecule has 7 rings (SSSR count). The molecule has 0 aromatic heterocycles. The molecule has 0 heterocycles. The Hall–Kier alpha value is -6.84. The Balaban J connectivity index is 1.14. The molecule has 0 radical (unpaired) electrons. The van der Waals surface area contributed by atoms with E-state index in [1.807, 2.05) is 12.1 Å². The molecule has 3 nitrogen and oxygen atoms in total. The second-order valence-corrected chi connectivity index (χ2v) is 17.1. The number of ether oxygens (including phenoxy) is 2. The van der Waals surface area contributed by atoms with Gasteiger partial charge in [-0.3, -0.25) is 0 Å². The van der Waals surface area contributed by atoms with E-state index < -0.39 is 0 Å². The third-order valence-corrected chi connectivity index (χ3v) is 11.8. The topological polar surface area (TPSA) is 21.7 Å². The summed E-state index contributed by atoms with van der Waals surface area (Å²) in [6.45, 7) is 9.82. The van der Waals surface area contributed by atoms with Crippen molar-refractivity contribution < 1.29 is 9.47 Å². The molecule has 0 N–H and O–H groups in total. The maximum absolute atomic E-state index is 6.57. The number of aryl methyl sites for hydroxylation is 1. The molecule has 0 saturated heterocycles. The molecule has 0 aliphatic heterocycles. The Labute approximate surface area is 383 Å². The lowest BCUT2D eigenvalue weighted by atomic mass is 9.97. The van der Waals surface area contributed by atoms with Gasteiger partial charge in [-0.2, -0.15) is 0 Å². The van der Waals surface area contributed by atoms with Crippen molar-refractivity contribution >= 4 is 53.5 Å². The third kappa shape index (κ3) is 12.9. The van der Waals surface area contributed by atoms with E-state index in [0.29, 0.717) is 12.5 Å². The zero-order valence-corrected chi connectivity index (χ0v) is 38.3. The first-order valence-electron chi connectivity index (χ1n) is 23.0. The highest BCUT2D eigenvalue weighted by Gasteiger charge is 2.14. The zero-order valence-electron chi connectivity index (χ0n) is 38.3. The zero-order chi connectivity index (χ0) is 44.5. The number of hydrogen-bond acceptors (Lipinski definition) is 3. The van der Waals surface area contributed by atoms with Crippen LogP contribution >= 0.6 is 0 Å². The molecular formula is C61H63NO2. The van der Waals surface area contributed by atoms with Gasteiger partial charge in [-0.05, 0) is 112 Å².